The van der Waals surface area contributed by atoms with Gasteiger partial charge in [0.2, 0.25) is 17.7 Å². The molecule has 0 unspecified atom stereocenters. The molecule has 0 aromatic carbocycles. The van der Waals surface area contributed by atoms with E-state index < -0.39 is 0 Å². The number of carbonyl (C=O) groups is 3. The van der Waals surface area contributed by atoms with Gasteiger partial charge in [-0.05, 0) is 19.3 Å². The predicted molar refractivity (Wildman–Crippen MR) is 128 cm³/mol. The van der Waals surface area contributed by atoms with Crippen LogP contribution in [0.4, 0.5) is 0 Å². The van der Waals surface area contributed by atoms with Crippen LogP contribution < -0.4 is 16.0 Å². The highest BCUT2D eigenvalue weighted by molar-refractivity contribution is 5.77. The molecule has 10 heteroatoms. The van der Waals surface area contributed by atoms with Gasteiger partial charge in [0.05, 0.1) is 39.6 Å². The second-order valence-electron chi connectivity index (χ2n) is 7.66. The lowest BCUT2D eigenvalue weighted by molar-refractivity contribution is -0.127. The Morgan fingerprint density at radius 2 is 1.18 bits per heavy atom. The van der Waals surface area contributed by atoms with E-state index in [4.69, 9.17) is 18.9 Å². The smallest absolute Gasteiger partial charge is 0.246 e. The van der Waals surface area contributed by atoms with Crippen molar-refractivity contribution in [3.8, 4) is 0 Å². The molecule has 194 valence electrons. The summed E-state index contributed by atoms with van der Waals surface area (Å²) in [6.07, 6.45) is 7.82. The van der Waals surface area contributed by atoms with Gasteiger partial charge >= 0.3 is 0 Å². The van der Waals surface area contributed by atoms with Crippen LogP contribution in [0.5, 0.6) is 0 Å². The molecule has 0 aromatic rings. The summed E-state index contributed by atoms with van der Waals surface area (Å²) < 4.78 is 21.2. The molecule has 0 saturated heterocycles. The molecule has 0 atom stereocenters. The van der Waals surface area contributed by atoms with Crippen LogP contribution in [0.2, 0.25) is 0 Å². The van der Waals surface area contributed by atoms with Gasteiger partial charge in [-0.1, -0.05) is 37.1 Å². The Bertz CT molecular complexity index is 665. The molecule has 3 N–H and O–H groups in total. The fraction of sp³-hybridized carbons (Fsp3) is 0.708. The number of hydrogen-bond acceptors (Lipinski definition) is 7. The molecular formula is C24H41N3O7. The maximum atomic E-state index is 11.8. The van der Waals surface area contributed by atoms with Gasteiger partial charge in [-0.3, -0.25) is 14.4 Å². The zero-order valence-corrected chi connectivity index (χ0v) is 20.6. The average molecular weight is 484 g/mol. The summed E-state index contributed by atoms with van der Waals surface area (Å²) in [6.45, 7) is 7.30. The zero-order valence-electron chi connectivity index (χ0n) is 20.6. The van der Waals surface area contributed by atoms with Gasteiger partial charge in [0.15, 0.2) is 0 Å². The van der Waals surface area contributed by atoms with E-state index in [2.05, 4.69) is 35.0 Å². The molecule has 1 aliphatic rings. The number of carbonyl (C=O) groups excluding carboxylic acids is 3. The molecule has 0 aromatic heterocycles. The molecule has 0 bridgehead atoms. The molecule has 3 amide bonds. The van der Waals surface area contributed by atoms with Crippen LogP contribution in [0, 0.1) is 0 Å². The minimum Gasteiger partial charge on any atom is -0.377 e. The fourth-order valence-corrected chi connectivity index (χ4v) is 2.90. The molecule has 0 spiro atoms. The number of ether oxygens (including phenoxy) is 4. The lowest BCUT2D eigenvalue weighted by Crippen LogP contribution is -2.32. The van der Waals surface area contributed by atoms with Crippen LogP contribution in [0.3, 0.4) is 0 Å². The van der Waals surface area contributed by atoms with Crippen molar-refractivity contribution in [2.75, 3.05) is 72.5 Å². The van der Waals surface area contributed by atoms with Crippen LogP contribution >= 0.6 is 0 Å². The maximum absolute atomic E-state index is 11.8. The normalized spacial score (nSPS) is 13.1. The number of nitrogens with one attached hydrogen (secondary N) is 3. The number of hydrogen-bond donors (Lipinski definition) is 3. The van der Waals surface area contributed by atoms with Crippen molar-refractivity contribution in [2.24, 2.45) is 0 Å². The van der Waals surface area contributed by atoms with E-state index in [9.17, 15) is 14.4 Å². The summed E-state index contributed by atoms with van der Waals surface area (Å²) >= 11 is 0. The summed E-state index contributed by atoms with van der Waals surface area (Å²) in [5.41, 5.74) is 2.67. The van der Waals surface area contributed by atoms with Crippen LogP contribution in [0.15, 0.2) is 23.3 Å². The topological polar surface area (TPSA) is 124 Å². The first-order valence-corrected chi connectivity index (χ1v) is 12.0. The number of amides is 3. The van der Waals surface area contributed by atoms with E-state index in [-0.39, 0.29) is 30.9 Å². The average Bonchev–Trinajstić information content (AvgIpc) is 2.85. The van der Waals surface area contributed by atoms with Gasteiger partial charge in [0.25, 0.3) is 0 Å². The number of allylic oxidation sites excluding steroid dienone is 3. The Morgan fingerprint density at radius 1 is 0.676 bits per heavy atom. The Kier molecular flexibility index (Phi) is 17.6. The van der Waals surface area contributed by atoms with Gasteiger partial charge in [0.1, 0.15) is 13.2 Å². The summed E-state index contributed by atoms with van der Waals surface area (Å²) in [4.78, 5) is 34.5. The van der Waals surface area contributed by atoms with E-state index >= 15 is 0 Å². The largest absolute Gasteiger partial charge is 0.377 e. The van der Waals surface area contributed by atoms with Gasteiger partial charge < -0.3 is 34.9 Å². The minimum absolute atomic E-state index is 0.00213. The quantitative estimate of drug-likeness (QED) is 0.220. The maximum Gasteiger partial charge on any atom is 0.246 e. The lowest BCUT2D eigenvalue weighted by Gasteiger charge is -2.14. The molecule has 0 fully saturated rings. The highest BCUT2D eigenvalue weighted by Crippen LogP contribution is 2.19. The van der Waals surface area contributed by atoms with Crippen LogP contribution in [0.1, 0.15) is 39.5 Å². The van der Waals surface area contributed by atoms with Crippen molar-refractivity contribution in [1.29, 1.82) is 0 Å². The summed E-state index contributed by atoms with van der Waals surface area (Å²) in [5.74, 6) is -0.393. The summed E-state index contributed by atoms with van der Waals surface area (Å²) in [6, 6.07) is 0. The first-order chi connectivity index (χ1) is 16.5. The van der Waals surface area contributed by atoms with Gasteiger partial charge in [-0.15, -0.1) is 0 Å². The fourth-order valence-electron chi connectivity index (χ4n) is 2.90. The monoisotopic (exact) mass is 483 g/mol. The van der Waals surface area contributed by atoms with E-state index in [0.29, 0.717) is 65.7 Å². The van der Waals surface area contributed by atoms with Crippen molar-refractivity contribution in [2.45, 2.75) is 39.5 Å². The van der Waals surface area contributed by atoms with Crippen molar-refractivity contribution >= 4 is 17.7 Å². The third kappa shape index (κ3) is 16.4. The Balaban J connectivity index is 1.85. The highest BCUT2D eigenvalue weighted by Gasteiger charge is 2.07. The van der Waals surface area contributed by atoms with Gasteiger partial charge in [0, 0.05) is 26.1 Å². The van der Waals surface area contributed by atoms with Crippen molar-refractivity contribution in [1.82, 2.24) is 16.0 Å². The lowest BCUT2D eigenvalue weighted by atomic mass is 9.97. The summed E-state index contributed by atoms with van der Waals surface area (Å²) in [7, 11) is 0. The van der Waals surface area contributed by atoms with E-state index in [1.807, 2.05) is 0 Å². The first kappa shape index (κ1) is 29.8. The standard InChI is InChI=1S/C24H41N3O7/c1-3-20-5-7-21(8-6-20)17-27-24(30)19-34-16-14-32-12-10-26-23(29)18-33-15-13-31-11-9-25-22(28)4-2/h5,7H,3-4,6,8-19H2,1-2H3,(H,25,28)(H,26,29)(H,27,30). The SMILES string of the molecule is CCC(=O)NCCOCCOCC(=O)NCCOCCOCC(=O)NCC1=CC=C(CC)CC1. The molecular weight excluding hydrogens is 442 g/mol. The molecule has 10 nitrogen and oxygen atoms in total. The van der Waals surface area contributed by atoms with Crippen molar-refractivity contribution < 1.29 is 33.3 Å². The summed E-state index contributed by atoms with van der Waals surface area (Å²) in [5, 5.41) is 8.25. The van der Waals surface area contributed by atoms with E-state index in [1.54, 1.807) is 6.92 Å². The minimum atomic E-state index is -0.235. The Morgan fingerprint density at radius 3 is 1.71 bits per heavy atom. The molecule has 0 aliphatic heterocycles. The first-order valence-electron chi connectivity index (χ1n) is 12.0. The highest BCUT2D eigenvalue weighted by atomic mass is 16.5. The van der Waals surface area contributed by atoms with Crippen LogP contribution in [0.25, 0.3) is 0 Å². The molecule has 34 heavy (non-hydrogen) atoms. The van der Waals surface area contributed by atoms with Gasteiger partial charge in [-0.2, -0.15) is 0 Å². The predicted octanol–water partition coefficient (Wildman–Crippen LogP) is 0.868. The third-order valence-electron chi connectivity index (χ3n) is 4.96. The second-order valence-corrected chi connectivity index (χ2v) is 7.66. The van der Waals surface area contributed by atoms with Crippen molar-refractivity contribution in [3.63, 3.8) is 0 Å². The van der Waals surface area contributed by atoms with Crippen LogP contribution in [-0.2, 0) is 33.3 Å². The third-order valence-corrected chi connectivity index (χ3v) is 4.96. The molecule has 1 rings (SSSR count). The van der Waals surface area contributed by atoms with E-state index in [0.717, 1.165) is 19.3 Å². The molecule has 0 heterocycles. The second kappa shape index (κ2) is 20.1. The van der Waals surface area contributed by atoms with Crippen molar-refractivity contribution in [3.05, 3.63) is 23.3 Å². The Labute approximate surface area is 202 Å². The Hall–Kier alpha value is -2.27. The van der Waals surface area contributed by atoms with E-state index in [1.165, 1.54) is 11.1 Å². The zero-order chi connectivity index (χ0) is 24.9. The number of rotatable bonds is 20. The molecule has 1 aliphatic carbocycles. The molecule has 0 radical (unpaired) electrons. The van der Waals surface area contributed by atoms with Crippen LogP contribution in [-0.4, -0.2) is 90.2 Å². The van der Waals surface area contributed by atoms with Gasteiger partial charge in [-0.25, -0.2) is 0 Å². The molecule has 0 saturated carbocycles.